The van der Waals surface area contributed by atoms with Crippen molar-refractivity contribution in [1.82, 2.24) is 4.90 Å². The summed E-state index contributed by atoms with van der Waals surface area (Å²) in [5.41, 5.74) is 0. The van der Waals surface area contributed by atoms with Crippen molar-refractivity contribution >= 4 is 11.3 Å². The molecule has 2 nitrogen and oxygen atoms in total. The maximum atomic E-state index is 8.98. The van der Waals surface area contributed by atoms with E-state index in [4.69, 9.17) is 5.11 Å². The number of aryl methyl sites for hydroxylation is 1. The van der Waals surface area contributed by atoms with E-state index >= 15 is 0 Å². The van der Waals surface area contributed by atoms with Gasteiger partial charge in [0.1, 0.15) is 0 Å². The summed E-state index contributed by atoms with van der Waals surface area (Å²) in [6.07, 6.45) is 1.12. The van der Waals surface area contributed by atoms with Gasteiger partial charge in [-0.25, -0.2) is 0 Å². The molecular weight excluding hydrogens is 206 g/mol. The van der Waals surface area contributed by atoms with Crippen LogP contribution in [0.4, 0.5) is 0 Å². The fourth-order valence-electron chi connectivity index (χ4n) is 1.55. The minimum atomic E-state index is 0.240. The number of hydrogen-bond donors (Lipinski definition) is 1. The summed E-state index contributed by atoms with van der Waals surface area (Å²) in [6, 6.07) is 4.90. The number of nitrogens with zero attached hydrogens (tertiary/aromatic N) is 1. The fourth-order valence-corrected chi connectivity index (χ4v) is 2.53. The van der Waals surface area contributed by atoms with Crippen molar-refractivity contribution < 1.29 is 5.11 Å². The highest BCUT2D eigenvalue weighted by Gasteiger charge is 2.10. The molecule has 0 amide bonds. The van der Waals surface area contributed by atoms with Gasteiger partial charge in [-0.2, -0.15) is 0 Å². The lowest BCUT2D eigenvalue weighted by Gasteiger charge is -2.24. The van der Waals surface area contributed by atoms with Gasteiger partial charge in [0.25, 0.3) is 0 Å². The van der Waals surface area contributed by atoms with Crippen LogP contribution in [-0.4, -0.2) is 29.2 Å². The molecule has 0 atom stereocenters. The van der Waals surface area contributed by atoms with Gasteiger partial charge in [0, 0.05) is 28.9 Å². The Kier molecular flexibility index (Phi) is 5.29. The highest BCUT2D eigenvalue weighted by molar-refractivity contribution is 7.11. The molecule has 86 valence electrons. The predicted octanol–water partition coefficient (Wildman–Crippen LogP) is 2.51. The maximum Gasteiger partial charge on any atom is 0.0558 e. The number of rotatable bonds is 6. The van der Waals surface area contributed by atoms with Crippen LogP contribution < -0.4 is 0 Å². The minimum Gasteiger partial charge on any atom is -0.395 e. The second-order valence-corrected chi connectivity index (χ2v) is 5.26. The zero-order valence-electron chi connectivity index (χ0n) is 9.86. The first-order valence-corrected chi connectivity index (χ1v) is 6.41. The van der Waals surface area contributed by atoms with Crippen LogP contribution in [0.15, 0.2) is 12.1 Å². The third kappa shape index (κ3) is 3.93. The van der Waals surface area contributed by atoms with Gasteiger partial charge < -0.3 is 5.11 Å². The monoisotopic (exact) mass is 227 g/mol. The van der Waals surface area contributed by atoms with Crippen LogP contribution in [0.25, 0.3) is 0 Å². The van der Waals surface area contributed by atoms with Gasteiger partial charge in [-0.1, -0.05) is 6.92 Å². The maximum absolute atomic E-state index is 8.98. The lowest BCUT2D eigenvalue weighted by molar-refractivity contribution is 0.160. The van der Waals surface area contributed by atoms with E-state index in [1.165, 1.54) is 9.75 Å². The molecule has 1 heterocycles. The molecule has 0 aliphatic rings. The van der Waals surface area contributed by atoms with Gasteiger partial charge in [0.15, 0.2) is 0 Å². The Balaban J connectivity index is 2.57. The SMILES string of the molecule is CCc1ccc(CN(CCO)C(C)C)s1. The van der Waals surface area contributed by atoms with E-state index in [-0.39, 0.29) is 6.61 Å². The third-order valence-corrected chi connectivity index (χ3v) is 3.76. The highest BCUT2D eigenvalue weighted by atomic mass is 32.1. The second kappa shape index (κ2) is 6.26. The topological polar surface area (TPSA) is 23.5 Å². The summed E-state index contributed by atoms with van der Waals surface area (Å²) in [4.78, 5) is 5.14. The Bertz CT molecular complexity index is 283. The molecule has 15 heavy (non-hydrogen) atoms. The summed E-state index contributed by atoms with van der Waals surface area (Å²) in [5, 5.41) is 8.98. The van der Waals surface area contributed by atoms with Gasteiger partial charge in [0.2, 0.25) is 0 Å². The Hall–Kier alpha value is -0.380. The summed E-state index contributed by atoms with van der Waals surface area (Å²) in [6.45, 7) is 8.49. The van der Waals surface area contributed by atoms with E-state index in [0.717, 1.165) is 19.5 Å². The molecule has 0 bridgehead atoms. The molecular formula is C12H21NOS. The lowest BCUT2D eigenvalue weighted by atomic mass is 10.3. The number of aliphatic hydroxyl groups is 1. The first-order chi connectivity index (χ1) is 7.17. The van der Waals surface area contributed by atoms with E-state index in [1.807, 2.05) is 11.3 Å². The average Bonchev–Trinajstić information content (AvgIpc) is 2.65. The molecule has 3 heteroatoms. The lowest BCUT2D eigenvalue weighted by Crippen LogP contribution is -2.32. The summed E-state index contributed by atoms with van der Waals surface area (Å²) < 4.78 is 0. The molecule has 0 aliphatic carbocycles. The van der Waals surface area contributed by atoms with Crippen molar-refractivity contribution in [3.05, 3.63) is 21.9 Å². The Morgan fingerprint density at radius 1 is 1.33 bits per heavy atom. The Morgan fingerprint density at radius 3 is 2.47 bits per heavy atom. The van der Waals surface area contributed by atoms with Crippen LogP contribution in [0.1, 0.15) is 30.5 Å². The van der Waals surface area contributed by atoms with Crippen LogP contribution >= 0.6 is 11.3 Å². The van der Waals surface area contributed by atoms with Gasteiger partial charge in [0.05, 0.1) is 6.61 Å². The molecule has 0 aromatic carbocycles. The molecule has 1 N–H and O–H groups in total. The van der Waals surface area contributed by atoms with Gasteiger partial charge in [-0.3, -0.25) is 4.90 Å². The van der Waals surface area contributed by atoms with E-state index < -0.39 is 0 Å². The Labute approximate surface area is 96.5 Å². The normalized spacial score (nSPS) is 11.6. The molecule has 1 aromatic rings. The first kappa shape index (κ1) is 12.7. The number of hydrogen-bond acceptors (Lipinski definition) is 3. The largest absolute Gasteiger partial charge is 0.395 e. The van der Waals surface area contributed by atoms with Crippen molar-refractivity contribution in [2.75, 3.05) is 13.2 Å². The average molecular weight is 227 g/mol. The molecule has 0 unspecified atom stereocenters. The predicted molar refractivity (Wildman–Crippen MR) is 66.3 cm³/mol. The minimum absolute atomic E-state index is 0.240. The van der Waals surface area contributed by atoms with Crippen LogP contribution in [-0.2, 0) is 13.0 Å². The molecule has 0 saturated carbocycles. The van der Waals surface area contributed by atoms with E-state index in [9.17, 15) is 0 Å². The van der Waals surface area contributed by atoms with Crippen molar-refractivity contribution in [1.29, 1.82) is 0 Å². The van der Waals surface area contributed by atoms with Crippen LogP contribution in [0.5, 0.6) is 0 Å². The number of thiophene rings is 1. The van der Waals surface area contributed by atoms with Gasteiger partial charge >= 0.3 is 0 Å². The Morgan fingerprint density at radius 2 is 2.00 bits per heavy atom. The standard InChI is InChI=1S/C12H21NOS/c1-4-11-5-6-12(15-11)9-13(7-8-14)10(2)3/h5-6,10,14H,4,7-9H2,1-3H3. The van der Waals surface area contributed by atoms with E-state index in [1.54, 1.807) is 0 Å². The highest BCUT2D eigenvalue weighted by Crippen LogP contribution is 2.19. The molecule has 0 fully saturated rings. The van der Waals surface area contributed by atoms with Crippen LogP contribution in [0, 0.1) is 0 Å². The van der Waals surface area contributed by atoms with Crippen molar-refractivity contribution in [3.63, 3.8) is 0 Å². The molecule has 0 spiro atoms. The van der Waals surface area contributed by atoms with Gasteiger partial charge in [-0.15, -0.1) is 11.3 Å². The molecule has 1 rings (SSSR count). The summed E-state index contributed by atoms with van der Waals surface area (Å²) in [7, 11) is 0. The third-order valence-electron chi connectivity index (χ3n) is 2.54. The van der Waals surface area contributed by atoms with Gasteiger partial charge in [-0.05, 0) is 32.4 Å². The van der Waals surface area contributed by atoms with Crippen molar-refractivity contribution in [2.45, 2.75) is 39.8 Å². The molecule has 0 aliphatic heterocycles. The van der Waals surface area contributed by atoms with Crippen molar-refractivity contribution in [2.24, 2.45) is 0 Å². The van der Waals surface area contributed by atoms with Crippen LogP contribution in [0.2, 0.25) is 0 Å². The van der Waals surface area contributed by atoms with Crippen molar-refractivity contribution in [3.8, 4) is 0 Å². The van der Waals surface area contributed by atoms with E-state index in [2.05, 4.69) is 37.8 Å². The zero-order chi connectivity index (χ0) is 11.3. The second-order valence-electron chi connectivity index (χ2n) is 4.01. The first-order valence-electron chi connectivity index (χ1n) is 5.59. The molecule has 0 radical (unpaired) electrons. The molecule has 1 aromatic heterocycles. The fraction of sp³-hybridized carbons (Fsp3) is 0.667. The van der Waals surface area contributed by atoms with Crippen LogP contribution in [0.3, 0.4) is 0 Å². The zero-order valence-corrected chi connectivity index (χ0v) is 10.7. The smallest absolute Gasteiger partial charge is 0.0558 e. The molecule has 0 saturated heterocycles. The number of aliphatic hydroxyl groups excluding tert-OH is 1. The summed E-state index contributed by atoms with van der Waals surface area (Å²) in [5.74, 6) is 0. The van der Waals surface area contributed by atoms with E-state index in [0.29, 0.717) is 6.04 Å². The quantitative estimate of drug-likeness (QED) is 0.807. The summed E-state index contributed by atoms with van der Waals surface area (Å²) >= 11 is 1.88.